The lowest BCUT2D eigenvalue weighted by Gasteiger charge is -2.22. The van der Waals surface area contributed by atoms with Gasteiger partial charge in [-0.25, -0.2) is 9.18 Å². The van der Waals surface area contributed by atoms with E-state index in [-0.39, 0.29) is 18.5 Å². The lowest BCUT2D eigenvalue weighted by atomic mass is 10.1. The first kappa shape index (κ1) is 13.5. The van der Waals surface area contributed by atoms with Crippen molar-refractivity contribution in [1.29, 1.82) is 0 Å². The van der Waals surface area contributed by atoms with Crippen LogP contribution in [0, 0.1) is 12.7 Å². The predicted octanol–water partition coefficient (Wildman–Crippen LogP) is 0.794. The number of aliphatic hydroxyl groups excluding tert-OH is 1. The molecule has 1 aliphatic heterocycles. The number of carboxylic acid groups (broad SMARTS) is 1. The number of nitrogens with zero attached hydrogens (tertiary/aromatic N) is 1. The fourth-order valence-corrected chi connectivity index (χ4v) is 2.25. The lowest BCUT2D eigenvalue weighted by molar-refractivity contribution is -0.141. The second-order valence-electron chi connectivity index (χ2n) is 4.66. The first-order valence-corrected chi connectivity index (χ1v) is 5.88. The summed E-state index contributed by atoms with van der Waals surface area (Å²) in [5.74, 6) is -2.29. The zero-order chi connectivity index (χ0) is 14.2. The number of rotatable bonds is 2. The van der Waals surface area contributed by atoms with Gasteiger partial charge in [-0.1, -0.05) is 6.07 Å². The number of aryl methyl sites for hydroxylation is 1. The van der Waals surface area contributed by atoms with E-state index in [0.29, 0.717) is 5.56 Å². The molecular weight excluding hydrogens is 253 g/mol. The first-order chi connectivity index (χ1) is 8.90. The Hall–Kier alpha value is -1.95. The molecule has 0 saturated carbocycles. The van der Waals surface area contributed by atoms with E-state index in [1.807, 2.05) is 0 Å². The number of amides is 1. The molecule has 0 unspecified atom stereocenters. The van der Waals surface area contributed by atoms with Gasteiger partial charge in [0.05, 0.1) is 6.10 Å². The molecule has 0 aromatic heterocycles. The number of aliphatic carboxylic acids is 1. The summed E-state index contributed by atoms with van der Waals surface area (Å²) in [6.45, 7) is 1.60. The number of carbonyl (C=O) groups is 2. The SMILES string of the molecule is Cc1ccc(F)cc1C(=O)N1C[C@H](O)C[C@@H]1C(=O)O. The van der Waals surface area contributed by atoms with Gasteiger partial charge in [0.15, 0.2) is 0 Å². The van der Waals surface area contributed by atoms with Crippen molar-refractivity contribution in [2.24, 2.45) is 0 Å². The average molecular weight is 267 g/mol. The van der Waals surface area contributed by atoms with Crippen LogP contribution in [0.15, 0.2) is 18.2 Å². The van der Waals surface area contributed by atoms with Gasteiger partial charge in [-0.15, -0.1) is 0 Å². The Kier molecular flexibility index (Phi) is 3.53. The van der Waals surface area contributed by atoms with Gasteiger partial charge in [0.1, 0.15) is 11.9 Å². The fourth-order valence-electron chi connectivity index (χ4n) is 2.25. The summed E-state index contributed by atoms with van der Waals surface area (Å²) in [7, 11) is 0. The van der Waals surface area contributed by atoms with E-state index >= 15 is 0 Å². The highest BCUT2D eigenvalue weighted by Crippen LogP contribution is 2.22. The van der Waals surface area contributed by atoms with Crippen molar-refractivity contribution in [2.45, 2.75) is 25.5 Å². The molecule has 1 heterocycles. The minimum absolute atomic E-state index is 0.00453. The largest absolute Gasteiger partial charge is 0.480 e. The highest BCUT2D eigenvalue weighted by Gasteiger charge is 2.39. The van der Waals surface area contributed by atoms with E-state index in [4.69, 9.17) is 5.11 Å². The van der Waals surface area contributed by atoms with Crippen LogP contribution in [-0.4, -0.2) is 45.7 Å². The molecule has 1 aromatic carbocycles. The van der Waals surface area contributed by atoms with Crippen molar-refractivity contribution >= 4 is 11.9 Å². The number of benzene rings is 1. The summed E-state index contributed by atoms with van der Waals surface area (Å²) in [6.07, 6.45) is -0.867. The monoisotopic (exact) mass is 267 g/mol. The van der Waals surface area contributed by atoms with E-state index in [1.165, 1.54) is 12.1 Å². The molecule has 2 rings (SSSR count). The number of carboxylic acids is 1. The molecule has 6 heteroatoms. The molecule has 0 bridgehead atoms. The fraction of sp³-hybridized carbons (Fsp3) is 0.385. The van der Waals surface area contributed by atoms with E-state index < -0.39 is 29.8 Å². The van der Waals surface area contributed by atoms with Crippen LogP contribution in [0.25, 0.3) is 0 Å². The van der Waals surface area contributed by atoms with Crippen LogP contribution in [0.1, 0.15) is 22.3 Å². The third kappa shape index (κ3) is 2.58. The summed E-state index contributed by atoms with van der Waals surface area (Å²) in [5, 5.41) is 18.5. The minimum Gasteiger partial charge on any atom is -0.480 e. The maximum atomic E-state index is 13.2. The highest BCUT2D eigenvalue weighted by atomic mass is 19.1. The summed E-state index contributed by atoms with van der Waals surface area (Å²) in [5.41, 5.74) is 0.692. The van der Waals surface area contributed by atoms with Crippen LogP contribution in [0.5, 0.6) is 0 Å². The normalized spacial score (nSPS) is 22.6. The summed E-state index contributed by atoms with van der Waals surface area (Å²) < 4.78 is 13.2. The molecule has 1 aliphatic rings. The van der Waals surface area contributed by atoms with Crippen molar-refractivity contribution in [1.82, 2.24) is 4.90 Å². The minimum atomic E-state index is -1.17. The molecule has 1 amide bonds. The molecule has 0 spiro atoms. The van der Waals surface area contributed by atoms with Gasteiger partial charge in [0.2, 0.25) is 0 Å². The average Bonchev–Trinajstić information content (AvgIpc) is 2.74. The molecular formula is C13H14FNO4. The third-order valence-electron chi connectivity index (χ3n) is 3.25. The second-order valence-corrected chi connectivity index (χ2v) is 4.66. The van der Waals surface area contributed by atoms with Crippen molar-refractivity contribution in [3.63, 3.8) is 0 Å². The summed E-state index contributed by atoms with van der Waals surface area (Å²) in [6, 6.07) is 2.72. The van der Waals surface area contributed by atoms with Crippen molar-refractivity contribution < 1.29 is 24.2 Å². The number of hydrogen-bond acceptors (Lipinski definition) is 3. The van der Waals surface area contributed by atoms with Crippen LogP contribution < -0.4 is 0 Å². The second kappa shape index (κ2) is 4.97. The van der Waals surface area contributed by atoms with Crippen LogP contribution >= 0.6 is 0 Å². The zero-order valence-electron chi connectivity index (χ0n) is 10.3. The number of aliphatic hydroxyl groups is 1. The molecule has 102 valence electrons. The quantitative estimate of drug-likeness (QED) is 0.830. The highest BCUT2D eigenvalue weighted by molar-refractivity contribution is 5.98. The van der Waals surface area contributed by atoms with Gasteiger partial charge < -0.3 is 15.1 Å². The van der Waals surface area contributed by atoms with Gasteiger partial charge >= 0.3 is 5.97 Å². The molecule has 2 N–H and O–H groups in total. The molecule has 0 radical (unpaired) electrons. The molecule has 1 aromatic rings. The number of carbonyl (C=O) groups excluding carboxylic acids is 1. The number of halogens is 1. The third-order valence-corrected chi connectivity index (χ3v) is 3.25. The van der Waals surface area contributed by atoms with Gasteiger partial charge in [-0.3, -0.25) is 4.79 Å². The van der Waals surface area contributed by atoms with Crippen LogP contribution in [0.4, 0.5) is 4.39 Å². The zero-order valence-corrected chi connectivity index (χ0v) is 10.3. The molecule has 5 nitrogen and oxygen atoms in total. The molecule has 1 saturated heterocycles. The van der Waals surface area contributed by atoms with Gasteiger partial charge in [-0.2, -0.15) is 0 Å². The number of hydrogen-bond donors (Lipinski definition) is 2. The smallest absolute Gasteiger partial charge is 0.326 e. The predicted molar refractivity (Wildman–Crippen MR) is 64.2 cm³/mol. The van der Waals surface area contributed by atoms with Crippen LogP contribution in [0.3, 0.4) is 0 Å². The van der Waals surface area contributed by atoms with E-state index in [1.54, 1.807) is 6.92 Å². The van der Waals surface area contributed by atoms with Gasteiger partial charge in [0.25, 0.3) is 5.91 Å². The Balaban J connectivity index is 2.33. The Morgan fingerprint density at radius 2 is 2.11 bits per heavy atom. The van der Waals surface area contributed by atoms with Gasteiger partial charge in [0, 0.05) is 18.5 Å². The van der Waals surface area contributed by atoms with Gasteiger partial charge in [-0.05, 0) is 24.6 Å². The van der Waals surface area contributed by atoms with E-state index in [9.17, 15) is 19.1 Å². The Morgan fingerprint density at radius 1 is 1.42 bits per heavy atom. The van der Waals surface area contributed by atoms with Crippen LogP contribution in [-0.2, 0) is 4.79 Å². The Morgan fingerprint density at radius 3 is 2.74 bits per heavy atom. The molecule has 2 atom stereocenters. The summed E-state index contributed by atoms with van der Waals surface area (Å²) in [4.78, 5) is 24.4. The molecule has 1 fully saturated rings. The maximum Gasteiger partial charge on any atom is 0.326 e. The maximum absolute atomic E-state index is 13.2. The molecule has 19 heavy (non-hydrogen) atoms. The molecule has 0 aliphatic carbocycles. The topological polar surface area (TPSA) is 77.8 Å². The van der Waals surface area contributed by atoms with E-state index in [2.05, 4.69) is 0 Å². The Bertz CT molecular complexity index is 531. The van der Waals surface area contributed by atoms with Crippen molar-refractivity contribution in [3.8, 4) is 0 Å². The van der Waals surface area contributed by atoms with Crippen LogP contribution in [0.2, 0.25) is 0 Å². The van der Waals surface area contributed by atoms with Crippen molar-refractivity contribution in [3.05, 3.63) is 35.1 Å². The first-order valence-electron chi connectivity index (χ1n) is 5.88. The summed E-state index contributed by atoms with van der Waals surface area (Å²) >= 11 is 0. The van der Waals surface area contributed by atoms with E-state index in [0.717, 1.165) is 11.0 Å². The van der Waals surface area contributed by atoms with Crippen molar-refractivity contribution in [2.75, 3.05) is 6.54 Å². The Labute approximate surface area is 109 Å². The number of likely N-dealkylation sites (tertiary alicyclic amines) is 1. The number of β-amino-alcohol motifs (C(OH)–C–C–N with tert-alkyl or cyclic N) is 1. The lowest BCUT2D eigenvalue weighted by Crippen LogP contribution is -2.40. The standard InChI is InChI=1S/C13H14FNO4/c1-7-2-3-8(14)4-10(7)12(17)15-6-9(16)5-11(15)13(18)19/h2-4,9,11,16H,5-6H2,1H3,(H,18,19)/t9-,11-/m1/s1.